The number of aromatic hydroxyl groups is 2. The van der Waals surface area contributed by atoms with E-state index in [4.69, 9.17) is 0 Å². The number of likely N-dealkylation sites (tertiary alicyclic amines) is 1. The normalized spacial score (nSPS) is 17.1. The van der Waals surface area contributed by atoms with E-state index < -0.39 is 0 Å². The van der Waals surface area contributed by atoms with E-state index in [0.717, 1.165) is 119 Å². The fourth-order valence-electron chi connectivity index (χ4n) is 16.0. The Balaban J connectivity index is 0.000000146. The Bertz CT molecular complexity index is 4110. The number of aliphatic hydroxyl groups is 3. The third-order valence-electron chi connectivity index (χ3n) is 22.0. The molecule has 10 heteroatoms. The van der Waals surface area contributed by atoms with E-state index in [9.17, 15) is 25.5 Å². The molecule has 0 atom stereocenters. The van der Waals surface area contributed by atoms with Crippen molar-refractivity contribution >= 4 is 44.8 Å². The molecule has 0 bridgehead atoms. The number of piperazine rings is 2. The molecular formula is C93H109N5O5. The first-order chi connectivity index (χ1) is 50.6. The van der Waals surface area contributed by atoms with Crippen LogP contribution < -0.4 is 9.80 Å². The molecule has 14 rings (SSSR count). The van der Waals surface area contributed by atoms with E-state index in [1.807, 2.05) is 36.4 Å². The standard InChI is InChI=1S/C32H38N2O2.C31H35NO2.C30H36N2O/c35-24-6-11-31(25-7-2-1-3-8-25)32(27-14-18-30(36)19-15-27)26-12-16-29(17-13-26)34-22-20-33(21-23-34)28-9-4-5-10-28;33-22-4-7-30(25-5-2-1-3-6-25)31(27-12-16-29(34)17-13-27)26-10-8-23(9-11-26)24-18-20-32(21-19-24)28-14-15-28;1-3-31-19-21-32(22-20-31)28-17-15-27(16-18-28)30(26-13-11-24(2)12-14-26)29(10-7-23-33)25-8-5-4-6-9-25/h1-3,7-8,12-19,28,35-36H,4-6,9-11,20-24H2;1-3,5-6,8-13,16-17,24,28,33-34H,4,7,14-15,18-22H2;4-6,8-9,11-18,33H,3,7,10,19-23H2,1-2H3/b32-31+;31-30+;30-29-. The molecule has 0 spiro atoms. The Morgan fingerprint density at radius 1 is 0.330 bits per heavy atom. The maximum atomic E-state index is 9.92. The Labute approximate surface area is 614 Å². The summed E-state index contributed by atoms with van der Waals surface area (Å²) in [6, 6.07) is 84.3. The number of aryl methyl sites for hydroxylation is 1. The number of anilines is 2. The number of allylic oxidation sites excluding steroid dienone is 3. The van der Waals surface area contributed by atoms with Gasteiger partial charge in [0.1, 0.15) is 11.5 Å². The number of benzene rings is 9. The molecular weight excluding hydrogens is 1270 g/mol. The summed E-state index contributed by atoms with van der Waals surface area (Å²) in [5.74, 6) is 1.18. The van der Waals surface area contributed by atoms with Crippen molar-refractivity contribution in [1.82, 2.24) is 14.7 Å². The highest BCUT2D eigenvalue weighted by molar-refractivity contribution is 6.01. The summed E-state index contributed by atoms with van der Waals surface area (Å²) < 4.78 is 0. The maximum Gasteiger partial charge on any atom is 0.115 e. The van der Waals surface area contributed by atoms with Crippen molar-refractivity contribution < 1.29 is 25.5 Å². The van der Waals surface area contributed by atoms with Crippen molar-refractivity contribution in [2.45, 2.75) is 122 Å². The zero-order valence-electron chi connectivity index (χ0n) is 61.0. The van der Waals surface area contributed by atoms with Crippen molar-refractivity contribution in [2.24, 2.45) is 0 Å². The molecule has 0 amide bonds. The molecule has 3 aliphatic heterocycles. The first kappa shape index (κ1) is 73.9. The van der Waals surface area contributed by atoms with Crippen molar-refractivity contribution in [1.29, 1.82) is 0 Å². The second-order valence-electron chi connectivity index (χ2n) is 28.7. The number of nitrogens with zero attached hydrogens (tertiary/aromatic N) is 5. The molecule has 103 heavy (non-hydrogen) atoms. The lowest BCUT2D eigenvalue weighted by Gasteiger charge is -2.39. The number of phenols is 2. The average Bonchev–Trinajstić information content (AvgIpc) is 1.39. The topological polar surface area (TPSA) is 117 Å². The Morgan fingerprint density at radius 3 is 1.00 bits per heavy atom. The Morgan fingerprint density at radius 2 is 0.650 bits per heavy atom. The van der Waals surface area contributed by atoms with Gasteiger partial charge in [-0.25, -0.2) is 0 Å². The molecule has 5 aliphatic rings. The molecule has 10 nitrogen and oxygen atoms in total. The van der Waals surface area contributed by atoms with Gasteiger partial charge in [-0.05, 0) is 247 Å². The molecule has 0 aromatic heterocycles. The van der Waals surface area contributed by atoms with E-state index in [1.54, 1.807) is 24.3 Å². The molecule has 2 aliphatic carbocycles. The largest absolute Gasteiger partial charge is 0.508 e. The molecule has 9 aromatic carbocycles. The summed E-state index contributed by atoms with van der Waals surface area (Å²) in [5.41, 5.74) is 23.1. The van der Waals surface area contributed by atoms with E-state index in [1.165, 1.54) is 148 Å². The first-order valence-electron chi connectivity index (χ1n) is 38.5. The van der Waals surface area contributed by atoms with Gasteiger partial charge in [0.2, 0.25) is 0 Å². The van der Waals surface area contributed by atoms with E-state index in [2.05, 4.69) is 214 Å². The van der Waals surface area contributed by atoms with E-state index in [0.29, 0.717) is 18.8 Å². The van der Waals surface area contributed by atoms with Crippen LogP contribution in [0.25, 0.3) is 33.4 Å². The van der Waals surface area contributed by atoms with Crippen LogP contribution in [0.3, 0.4) is 0 Å². The first-order valence-corrected chi connectivity index (χ1v) is 38.5. The summed E-state index contributed by atoms with van der Waals surface area (Å²) in [7, 11) is 0. The monoisotopic (exact) mass is 1380 g/mol. The average molecular weight is 1380 g/mol. The van der Waals surface area contributed by atoms with Crippen LogP contribution in [0.1, 0.15) is 164 Å². The number of piperidine rings is 1. The van der Waals surface area contributed by atoms with Gasteiger partial charge in [0, 0.05) is 95.6 Å². The predicted molar refractivity (Wildman–Crippen MR) is 430 cm³/mol. The summed E-state index contributed by atoms with van der Waals surface area (Å²) in [6.45, 7) is 17.4. The van der Waals surface area contributed by atoms with Crippen molar-refractivity contribution in [3.05, 3.63) is 298 Å². The summed E-state index contributed by atoms with van der Waals surface area (Å²) in [5, 5.41) is 48.6. The van der Waals surface area contributed by atoms with Crippen molar-refractivity contribution in [2.75, 3.05) is 102 Å². The lowest BCUT2D eigenvalue weighted by Crippen LogP contribution is -2.49. The van der Waals surface area contributed by atoms with Gasteiger partial charge in [-0.2, -0.15) is 0 Å². The second-order valence-corrected chi connectivity index (χ2v) is 28.7. The van der Waals surface area contributed by atoms with Crippen LogP contribution in [0.5, 0.6) is 11.5 Å². The maximum absolute atomic E-state index is 9.92. The van der Waals surface area contributed by atoms with E-state index in [-0.39, 0.29) is 31.3 Å². The fraction of sp³-hybridized carbons (Fsp3) is 0.355. The van der Waals surface area contributed by atoms with Gasteiger partial charge in [-0.3, -0.25) is 4.90 Å². The number of hydrogen-bond acceptors (Lipinski definition) is 10. The molecule has 5 fully saturated rings. The third-order valence-corrected chi connectivity index (χ3v) is 22.0. The van der Waals surface area contributed by atoms with Crippen LogP contribution in [0.4, 0.5) is 11.4 Å². The predicted octanol–water partition coefficient (Wildman–Crippen LogP) is 18.5. The van der Waals surface area contributed by atoms with Crippen LogP contribution >= 0.6 is 0 Å². The quantitative estimate of drug-likeness (QED) is 0.0375. The Hall–Kier alpha value is -8.84. The molecule has 3 saturated heterocycles. The number of phenolic OH excluding ortho intramolecular Hbond substituents is 2. The highest BCUT2D eigenvalue weighted by Crippen LogP contribution is 2.42. The molecule has 5 N–H and O–H groups in total. The van der Waals surface area contributed by atoms with Crippen LogP contribution in [-0.2, 0) is 0 Å². The number of aliphatic hydroxyl groups excluding tert-OH is 3. The molecule has 9 aromatic rings. The van der Waals surface area contributed by atoms with Crippen molar-refractivity contribution in [3.8, 4) is 11.5 Å². The second kappa shape index (κ2) is 37.6. The van der Waals surface area contributed by atoms with Crippen LogP contribution in [0.15, 0.2) is 237 Å². The summed E-state index contributed by atoms with van der Waals surface area (Å²) in [4.78, 5) is 12.9. The molecule has 3 heterocycles. The lowest BCUT2D eigenvalue weighted by atomic mass is 9.85. The zero-order chi connectivity index (χ0) is 71.1. The number of hydrogen-bond donors (Lipinski definition) is 5. The highest BCUT2D eigenvalue weighted by atomic mass is 16.3. The van der Waals surface area contributed by atoms with Gasteiger partial charge in [-0.15, -0.1) is 0 Å². The minimum atomic E-state index is 0.158. The van der Waals surface area contributed by atoms with Gasteiger partial charge < -0.3 is 45.1 Å². The molecule has 0 unspecified atom stereocenters. The van der Waals surface area contributed by atoms with Crippen LogP contribution in [-0.4, -0.2) is 144 Å². The minimum absolute atomic E-state index is 0.158. The van der Waals surface area contributed by atoms with Crippen molar-refractivity contribution in [3.63, 3.8) is 0 Å². The molecule has 0 radical (unpaired) electrons. The summed E-state index contributed by atoms with van der Waals surface area (Å²) >= 11 is 0. The number of likely N-dealkylation sites (N-methyl/N-ethyl adjacent to an activating group) is 1. The third kappa shape index (κ3) is 19.9. The molecule has 536 valence electrons. The fourth-order valence-corrected chi connectivity index (χ4v) is 16.0. The van der Waals surface area contributed by atoms with Crippen LogP contribution in [0, 0.1) is 6.92 Å². The van der Waals surface area contributed by atoms with Crippen LogP contribution in [0.2, 0.25) is 0 Å². The summed E-state index contributed by atoms with van der Waals surface area (Å²) in [6.07, 6.45) is 15.4. The van der Waals surface area contributed by atoms with E-state index >= 15 is 0 Å². The highest BCUT2D eigenvalue weighted by Gasteiger charge is 2.33. The minimum Gasteiger partial charge on any atom is -0.508 e. The molecule has 2 saturated carbocycles. The van der Waals surface area contributed by atoms with Gasteiger partial charge in [0.25, 0.3) is 0 Å². The zero-order valence-corrected chi connectivity index (χ0v) is 61.0. The van der Waals surface area contributed by atoms with Gasteiger partial charge in [0.15, 0.2) is 0 Å². The van der Waals surface area contributed by atoms with Gasteiger partial charge in [-0.1, -0.05) is 213 Å². The smallest absolute Gasteiger partial charge is 0.115 e. The number of rotatable bonds is 24. The Kier molecular flexibility index (Phi) is 26.9. The van der Waals surface area contributed by atoms with Gasteiger partial charge >= 0.3 is 0 Å². The lowest BCUT2D eigenvalue weighted by molar-refractivity contribution is 0.187. The SMILES string of the molecule is CCN1CCN(c2ccc(/C(=C(/CCCO)c3ccccc3)c3ccc(C)cc3)cc2)CC1.OCCC/C(=C(\c1ccc(O)cc1)c1ccc(C2CCN(C3CC3)CC2)cc1)c1ccccc1.OCCC/C(=C(\c1ccc(O)cc1)c1ccc(N2CCN(C3CCCC3)CC2)cc1)c1ccccc1. The van der Waals surface area contributed by atoms with Gasteiger partial charge in [0.05, 0.1) is 0 Å².